The van der Waals surface area contributed by atoms with Gasteiger partial charge in [-0.05, 0) is 69.0 Å². The van der Waals surface area contributed by atoms with Gasteiger partial charge in [-0.3, -0.25) is 9.59 Å². The monoisotopic (exact) mass is 483 g/mol. The highest BCUT2D eigenvalue weighted by Gasteiger charge is 2.45. The van der Waals surface area contributed by atoms with Gasteiger partial charge in [0.2, 0.25) is 5.91 Å². The summed E-state index contributed by atoms with van der Waals surface area (Å²) >= 11 is 5.86. The molecule has 0 fully saturated rings. The number of carbonyl (C=O) groups excluding carboxylic acids is 2. The number of alkyl halides is 3. The summed E-state index contributed by atoms with van der Waals surface area (Å²) < 4.78 is 46.0. The fourth-order valence-corrected chi connectivity index (χ4v) is 3.58. The van der Waals surface area contributed by atoms with Gasteiger partial charge in [-0.15, -0.1) is 0 Å². The number of carbonyl (C=O) groups is 2. The van der Waals surface area contributed by atoms with E-state index in [2.05, 4.69) is 5.32 Å². The molecule has 2 unspecified atom stereocenters. The number of rotatable bonds is 7. The summed E-state index contributed by atoms with van der Waals surface area (Å²) in [6, 6.07) is 10.9. The van der Waals surface area contributed by atoms with Gasteiger partial charge < -0.3 is 10.1 Å². The lowest BCUT2D eigenvalue weighted by Crippen LogP contribution is -2.34. The standard InChI is InChI=1S/C25H29ClF3NO3/c1-15-17(11-14-21(31)33-24(3,4)5)7-6-8-20(15)30-23(32)22(16(2)25(27,28)29)18-9-12-19(26)13-10-18/h6-10,12-13,16,22H,11,14H2,1-5H3,(H,30,32). The number of esters is 1. The lowest BCUT2D eigenvalue weighted by Gasteiger charge is -2.26. The van der Waals surface area contributed by atoms with Crippen molar-refractivity contribution in [1.29, 1.82) is 0 Å². The van der Waals surface area contributed by atoms with Gasteiger partial charge in [0.05, 0.1) is 11.8 Å². The zero-order chi connectivity index (χ0) is 25.0. The average molecular weight is 484 g/mol. The number of anilines is 1. The second-order valence-electron chi connectivity index (χ2n) is 9.02. The molecule has 0 bridgehead atoms. The van der Waals surface area contributed by atoms with Crippen LogP contribution >= 0.6 is 11.6 Å². The van der Waals surface area contributed by atoms with Gasteiger partial charge in [-0.1, -0.05) is 42.8 Å². The van der Waals surface area contributed by atoms with E-state index >= 15 is 0 Å². The van der Waals surface area contributed by atoms with Crippen molar-refractivity contribution < 1.29 is 27.5 Å². The van der Waals surface area contributed by atoms with Crippen LogP contribution in [-0.4, -0.2) is 23.7 Å². The van der Waals surface area contributed by atoms with Crippen LogP contribution in [0.5, 0.6) is 0 Å². The highest BCUT2D eigenvalue weighted by molar-refractivity contribution is 6.30. The first-order valence-electron chi connectivity index (χ1n) is 10.6. The predicted molar refractivity (Wildman–Crippen MR) is 123 cm³/mol. The Morgan fingerprint density at radius 1 is 1.06 bits per heavy atom. The highest BCUT2D eigenvalue weighted by atomic mass is 35.5. The molecule has 0 heterocycles. The maximum absolute atomic E-state index is 13.6. The number of aryl methyl sites for hydroxylation is 1. The van der Waals surface area contributed by atoms with Crippen LogP contribution in [0.25, 0.3) is 0 Å². The third-order valence-electron chi connectivity index (χ3n) is 5.25. The van der Waals surface area contributed by atoms with Gasteiger partial charge in [0, 0.05) is 17.1 Å². The van der Waals surface area contributed by atoms with E-state index < -0.39 is 29.5 Å². The number of halogens is 4. The third kappa shape index (κ3) is 7.77. The summed E-state index contributed by atoms with van der Waals surface area (Å²) in [5.41, 5.74) is 1.51. The average Bonchev–Trinajstić information content (AvgIpc) is 2.68. The Labute approximate surface area is 197 Å². The minimum Gasteiger partial charge on any atom is -0.460 e. The van der Waals surface area contributed by atoms with E-state index in [4.69, 9.17) is 16.3 Å². The molecule has 0 saturated carbocycles. The number of benzene rings is 2. The summed E-state index contributed by atoms with van der Waals surface area (Å²) in [5, 5.41) is 3.02. The number of hydrogen-bond acceptors (Lipinski definition) is 3. The Morgan fingerprint density at radius 2 is 1.67 bits per heavy atom. The van der Waals surface area contributed by atoms with Crippen molar-refractivity contribution in [3.05, 3.63) is 64.2 Å². The van der Waals surface area contributed by atoms with Gasteiger partial charge in [0.25, 0.3) is 0 Å². The zero-order valence-electron chi connectivity index (χ0n) is 19.3. The summed E-state index contributed by atoms with van der Waals surface area (Å²) in [7, 11) is 0. The molecular weight excluding hydrogens is 455 g/mol. The van der Waals surface area contributed by atoms with Gasteiger partial charge >= 0.3 is 12.1 Å². The molecule has 2 aromatic carbocycles. The molecule has 2 atom stereocenters. The largest absolute Gasteiger partial charge is 0.460 e. The lowest BCUT2D eigenvalue weighted by atomic mass is 9.85. The van der Waals surface area contributed by atoms with Crippen LogP contribution in [-0.2, 0) is 20.7 Å². The van der Waals surface area contributed by atoms with Crippen molar-refractivity contribution in [3.8, 4) is 0 Å². The number of hydrogen-bond donors (Lipinski definition) is 1. The molecule has 1 amide bonds. The van der Waals surface area contributed by atoms with Crippen LogP contribution in [0.2, 0.25) is 5.02 Å². The Balaban J connectivity index is 2.24. The molecule has 0 aromatic heterocycles. The van der Waals surface area contributed by atoms with Crippen LogP contribution in [0.4, 0.5) is 18.9 Å². The molecule has 0 aliphatic heterocycles. The van der Waals surface area contributed by atoms with Crippen LogP contribution in [0.15, 0.2) is 42.5 Å². The number of amides is 1. The van der Waals surface area contributed by atoms with Crippen molar-refractivity contribution in [2.24, 2.45) is 5.92 Å². The maximum Gasteiger partial charge on any atom is 0.392 e. The van der Waals surface area contributed by atoms with E-state index in [0.717, 1.165) is 12.5 Å². The van der Waals surface area contributed by atoms with Gasteiger partial charge in [-0.2, -0.15) is 13.2 Å². The summed E-state index contributed by atoms with van der Waals surface area (Å²) in [6.45, 7) is 8.09. The van der Waals surface area contributed by atoms with Gasteiger partial charge in [0.15, 0.2) is 0 Å². The number of nitrogens with one attached hydrogen (secondary N) is 1. The molecule has 2 rings (SSSR count). The van der Waals surface area contributed by atoms with Crippen molar-refractivity contribution in [1.82, 2.24) is 0 Å². The van der Waals surface area contributed by atoms with E-state index in [9.17, 15) is 22.8 Å². The minimum atomic E-state index is -4.56. The van der Waals surface area contributed by atoms with E-state index in [1.807, 2.05) is 6.07 Å². The zero-order valence-corrected chi connectivity index (χ0v) is 20.1. The molecule has 0 aliphatic rings. The minimum absolute atomic E-state index is 0.147. The number of ether oxygens (including phenoxy) is 1. The molecule has 8 heteroatoms. The summed E-state index contributed by atoms with van der Waals surface area (Å²) in [6.07, 6.45) is -4.04. The molecule has 1 N–H and O–H groups in total. The van der Waals surface area contributed by atoms with Crippen LogP contribution < -0.4 is 5.32 Å². The van der Waals surface area contributed by atoms with Crippen molar-refractivity contribution in [2.45, 2.75) is 65.2 Å². The fraction of sp³-hybridized carbons (Fsp3) is 0.440. The molecule has 33 heavy (non-hydrogen) atoms. The summed E-state index contributed by atoms with van der Waals surface area (Å²) in [5.74, 6) is -4.48. The second kappa shape index (κ2) is 10.6. The third-order valence-corrected chi connectivity index (χ3v) is 5.50. The normalized spacial score (nSPS) is 13.8. The Hall–Kier alpha value is -2.54. The van der Waals surface area contributed by atoms with E-state index in [1.165, 1.54) is 24.3 Å². The topological polar surface area (TPSA) is 55.4 Å². The van der Waals surface area contributed by atoms with E-state index in [-0.39, 0.29) is 18.0 Å². The first kappa shape index (κ1) is 26.7. The van der Waals surface area contributed by atoms with Crippen LogP contribution in [0.1, 0.15) is 56.7 Å². The predicted octanol–water partition coefficient (Wildman–Crippen LogP) is 6.84. The van der Waals surface area contributed by atoms with Crippen LogP contribution in [0.3, 0.4) is 0 Å². The van der Waals surface area contributed by atoms with Crippen molar-refractivity contribution in [3.63, 3.8) is 0 Å². The lowest BCUT2D eigenvalue weighted by molar-refractivity contribution is -0.178. The van der Waals surface area contributed by atoms with E-state index in [0.29, 0.717) is 22.7 Å². The first-order chi connectivity index (χ1) is 15.2. The quantitative estimate of drug-likeness (QED) is 0.438. The molecule has 0 radical (unpaired) electrons. The highest BCUT2D eigenvalue weighted by Crippen LogP contribution is 2.38. The second-order valence-corrected chi connectivity index (χ2v) is 9.46. The molecular formula is C25H29ClF3NO3. The molecule has 0 saturated heterocycles. The van der Waals surface area contributed by atoms with Crippen molar-refractivity contribution >= 4 is 29.2 Å². The Kier molecular flexibility index (Phi) is 8.57. The molecule has 4 nitrogen and oxygen atoms in total. The van der Waals surface area contributed by atoms with Gasteiger partial charge in [-0.25, -0.2) is 0 Å². The van der Waals surface area contributed by atoms with Gasteiger partial charge in [0.1, 0.15) is 5.60 Å². The maximum atomic E-state index is 13.6. The molecule has 180 valence electrons. The summed E-state index contributed by atoms with van der Waals surface area (Å²) in [4.78, 5) is 25.1. The first-order valence-corrected chi connectivity index (χ1v) is 11.0. The molecule has 0 spiro atoms. The van der Waals surface area contributed by atoms with Crippen molar-refractivity contribution in [2.75, 3.05) is 5.32 Å². The SMILES string of the molecule is Cc1c(CCC(=O)OC(C)(C)C)cccc1NC(=O)C(c1ccc(Cl)cc1)C(C)C(F)(F)F. The fourth-order valence-electron chi connectivity index (χ4n) is 3.46. The van der Waals surface area contributed by atoms with E-state index in [1.54, 1.807) is 39.8 Å². The molecule has 0 aliphatic carbocycles. The Morgan fingerprint density at radius 3 is 2.21 bits per heavy atom. The Bertz CT molecular complexity index is 982. The molecule has 2 aromatic rings. The van der Waals surface area contributed by atoms with Crippen LogP contribution in [0, 0.1) is 12.8 Å². The smallest absolute Gasteiger partial charge is 0.392 e.